The summed E-state index contributed by atoms with van der Waals surface area (Å²) in [5.74, 6) is -0.210. The van der Waals surface area contributed by atoms with Gasteiger partial charge in [-0.1, -0.05) is 11.6 Å². The lowest BCUT2D eigenvalue weighted by atomic mass is 10.2. The summed E-state index contributed by atoms with van der Waals surface area (Å²) >= 11 is 5.73. The lowest BCUT2D eigenvalue weighted by molar-refractivity contribution is -0.385. The Morgan fingerprint density at radius 3 is 2.71 bits per heavy atom. The Hall–Kier alpha value is -2.18. The molecule has 0 fully saturated rings. The second kappa shape index (κ2) is 6.51. The Labute approximate surface area is 125 Å². The first-order valence-electron chi connectivity index (χ1n) is 6.04. The highest BCUT2D eigenvalue weighted by Gasteiger charge is 2.15. The van der Waals surface area contributed by atoms with Crippen molar-refractivity contribution in [3.63, 3.8) is 0 Å². The van der Waals surface area contributed by atoms with Crippen LogP contribution in [0.15, 0.2) is 36.4 Å². The minimum Gasteiger partial charge on any atom is -0.489 e. The molecule has 0 amide bonds. The van der Waals surface area contributed by atoms with Crippen LogP contribution < -0.4 is 10.5 Å². The molecule has 7 heteroatoms. The molecule has 2 aromatic carbocycles. The lowest BCUT2D eigenvalue weighted by Crippen LogP contribution is -2.02. The van der Waals surface area contributed by atoms with E-state index in [0.717, 1.165) is 0 Å². The number of nitro groups is 1. The van der Waals surface area contributed by atoms with E-state index in [1.807, 2.05) is 0 Å². The second-order valence-corrected chi connectivity index (χ2v) is 4.75. The summed E-state index contributed by atoms with van der Waals surface area (Å²) in [5, 5.41) is 11.2. The summed E-state index contributed by atoms with van der Waals surface area (Å²) < 4.78 is 18.7. The molecule has 0 saturated carbocycles. The van der Waals surface area contributed by atoms with Crippen LogP contribution in [-0.4, -0.2) is 4.92 Å². The van der Waals surface area contributed by atoms with E-state index in [1.165, 1.54) is 30.3 Å². The number of nitro benzene ring substituents is 1. The molecule has 0 radical (unpaired) electrons. The average Bonchev–Trinajstić information content (AvgIpc) is 2.45. The van der Waals surface area contributed by atoms with E-state index in [1.54, 1.807) is 6.07 Å². The van der Waals surface area contributed by atoms with Gasteiger partial charge in [0.05, 0.1) is 10.5 Å². The Kier molecular flexibility index (Phi) is 4.72. The van der Waals surface area contributed by atoms with E-state index < -0.39 is 10.7 Å². The molecule has 0 spiro atoms. The monoisotopic (exact) mass is 310 g/mol. The van der Waals surface area contributed by atoms with E-state index in [-0.39, 0.29) is 29.6 Å². The molecular formula is C14H12ClFN2O3. The Morgan fingerprint density at radius 2 is 2.05 bits per heavy atom. The van der Waals surface area contributed by atoms with Crippen molar-refractivity contribution in [3.8, 4) is 5.75 Å². The number of hydrogen-bond donors (Lipinski definition) is 1. The van der Waals surface area contributed by atoms with Crippen LogP contribution in [0.25, 0.3) is 0 Å². The van der Waals surface area contributed by atoms with Crippen LogP contribution in [0.3, 0.4) is 0 Å². The number of benzene rings is 2. The number of rotatable bonds is 5. The quantitative estimate of drug-likeness (QED) is 0.678. The fourth-order valence-electron chi connectivity index (χ4n) is 1.81. The zero-order valence-electron chi connectivity index (χ0n) is 10.9. The maximum absolute atomic E-state index is 13.3. The largest absolute Gasteiger partial charge is 0.489 e. The van der Waals surface area contributed by atoms with E-state index in [4.69, 9.17) is 22.1 Å². The van der Waals surface area contributed by atoms with Crippen molar-refractivity contribution in [2.24, 2.45) is 5.73 Å². The fourth-order valence-corrected chi connectivity index (χ4v) is 1.98. The number of hydrogen-bond acceptors (Lipinski definition) is 4. The Bertz CT molecular complexity index is 679. The summed E-state index contributed by atoms with van der Waals surface area (Å²) in [6.45, 7) is 0.107. The number of nitrogens with two attached hydrogens (primary N) is 1. The molecule has 2 aromatic rings. The molecule has 0 saturated heterocycles. The van der Waals surface area contributed by atoms with Crippen molar-refractivity contribution < 1.29 is 14.1 Å². The van der Waals surface area contributed by atoms with Crippen LogP contribution in [0.1, 0.15) is 11.1 Å². The van der Waals surface area contributed by atoms with Gasteiger partial charge in [-0.15, -0.1) is 0 Å². The van der Waals surface area contributed by atoms with Gasteiger partial charge in [0.25, 0.3) is 5.69 Å². The fraction of sp³-hybridized carbons (Fsp3) is 0.143. The molecular weight excluding hydrogens is 299 g/mol. The van der Waals surface area contributed by atoms with Gasteiger partial charge < -0.3 is 10.5 Å². The van der Waals surface area contributed by atoms with Crippen molar-refractivity contribution in [1.29, 1.82) is 0 Å². The molecule has 0 atom stereocenters. The minimum atomic E-state index is -0.540. The molecule has 0 unspecified atom stereocenters. The van der Waals surface area contributed by atoms with Crippen LogP contribution in [0.4, 0.5) is 10.1 Å². The highest BCUT2D eigenvalue weighted by atomic mass is 35.5. The smallest absolute Gasteiger partial charge is 0.277 e. The van der Waals surface area contributed by atoms with Gasteiger partial charge >= 0.3 is 0 Å². The molecule has 21 heavy (non-hydrogen) atoms. The van der Waals surface area contributed by atoms with Gasteiger partial charge in [0, 0.05) is 23.7 Å². The molecule has 0 bridgehead atoms. The third-order valence-electron chi connectivity index (χ3n) is 2.81. The Morgan fingerprint density at radius 1 is 1.29 bits per heavy atom. The summed E-state index contributed by atoms with van der Waals surface area (Å²) in [4.78, 5) is 10.4. The lowest BCUT2D eigenvalue weighted by Gasteiger charge is -2.09. The topological polar surface area (TPSA) is 78.4 Å². The average molecular weight is 311 g/mol. The summed E-state index contributed by atoms with van der Waals surface area (Å²) in [6.07, 6.45) is 0. The minimum absolute atomic E-state index is 0.0685. The summed E-state index contributed by atoms with van der Waals surface area (Å²) in [5.41, 5.74) is 6.24. The first kappa shape index (κ1) is 15.2. The molecule has 0 aromatic heterocycles. The SMILES string of the molecule is NCc1cc(F)cc(OCc2ccc(Cl)cc2[N+](=O)[O-])c1. The molecule has 2 N–H and O–H groups in total. The molecule has 2 rings (SSSR count). The summed E-state index contributed by atoms with van der Waals surface area (Å²) in [6, 6.07) is 8.37. The molecule has 0 aliphatic carbocycles. The number of halogens is 2. The standard InChI is InChI=1S/C14H12ClFN2O3/c15-11-2-1-10(14(5-11)18(19)20)8-21-13-4-9(7-17)3-12(16)6-13/h1-6H,7-8,17H2. The normalized spacial score (nSPS) is 10.4. The van der Waals surface area contributed by atoms with Crippen molar-refractivity contribution in [1.82, 2.24) is 0 Å². The van der Waals surface area contributed by atoms with Gasteiger partial charge in [-0.05, 0) is 29.8 Å². The van der Waals surface area contributed by atoms with Crippen molar-refractivity contribution >= 4 is 17.3 Å². The highest BCUT2D eigenvalue weighted by Crippen LogP contribution is 2.25. The van der Waals surface area contributed by atoms with Crippen molar-refractivity contribution in [2.45, 2.75) is 13.2 Å². The van der Waals surface area contributed by atoms with Gasteiger partial charge in [0.2, 0.25) is 0 Å². The predicted octanol–water partition coefficient (Wildman–Crippen LogP) is 3.43. The van der Waals surface area contributed by atoms with E-state index in [2.05, 4.69) is 0 Å². The molecule has 5 nitrogen and oxygen atoms in total. The van der Waals surface area contributed by atoms with Gasteiger partial charge in [-0.25, -0.2) is 4.39 Å². The van der Waals surface area contributed by atoms with Crippen LogP contribution in [0, 0.1) is 15.9 Å². The molecule has 0 aliphatic rings. The Balaban J connectivity index is 2.20. The van der Waals surface area contributed by atoms with Crippen LogP contribution >= 0.6 is 11.6 Å². The molecule has 0 heterocycles. The maximum atomic E-state index is 13.3. The number of ether oxygens (including phenoxy) is 1. The molecule has 110 valence electrons. The van der Waals surface area contributed by atoms with E-state index in [0.29, 0.717) is 11.1 Å². The summed E-state index contributed by atoms with van der Waals surface area (Å²) in [7, 11) is 0. The zero-order chi connectivity index (χ0) is 15.4. The first-order chi connectivity index (χ1) is 9.99. The predicted molar refractivity (Wildman–Crippen MR) is 76.7 cm³/mol. The van der Waals surface area contributed by atoms with Crippen LogP contribution in [0.2, 0.25) is 5.02 Å². The third kappa shape index (κ3) is 3.90. The third-order valence-corrected chi connectivity index (χ3v) is 3.04. The zero-order valence-corrected chi connectivity index (χ0v) is 11.6. The van der Waals surface area contributed by atoms with E-state index in [9.17, 15) is 14.5 Å². The van der Waals surface area contributed by atoms with Crippen molar-refractivity contribution in [3.05, 3.63) is 68.5 Å². The van der Waals surface area contributed by atoms with Gasteiger partial charge in [-0.2, -0.15) is 0 Å². The number of nitrogens with zero attached hydrogens (tertiary/aromatic N) is 1. The molecule has 0 aliphatic heterocycles. The second-order valence-electron chi connectivity index (χ2n) is 4.32. The van der Waals surface area contributed by atoms with Gasteiger partial charge in [0.15, 0.2) is 0 Å². The van der Waals surface area contributed by atoms with Crippen LogP contribution in [-0.2, 0) is 13.2 Å². The first-order valence-corrected chi connectivity index (χ1v) is 6.42. The van der Waals surface area contributed by atoms with Crippen molar-refractivity contribution in [2.75, 3.05) is 0 Å². The van der Waals surface area contributed by atoms with Gasteiger partial charge in [-0.3, -0.25) is 10.1 Å². The highest BCUT2D eigenvalue weighted by molar-refractivity contribution is 6.30. The van der Waals surface area contributed by atoms with Crippen LogP contribution in [0.5, 0.6) is 5.75 Å². The van der Waals surface area contributed by atoms with Gasteiger partial charge in [0.1, 0.15) is 18.2 Å². The van der Waals surface area contributed by atoms with E-state index >= 15 is 0 Å². The maximum Gasteiger partial charge on any atom is 0.277 e.